The highest BCUT2D eigenvalue weighted by molar-refractivity contribution is 9.10. The fourth-order valence-corrected chi connectivity index (χ4v) is 7.35. The van der Waals surface area contributed by atoms with E-state index in [1.54, 1.807) is 0 Å². The van der Waals surface area contributed by atoms with E-state index in [0.29, 0.717) is 0 Å². The first-order valence-corrected chi connectivity index (χ1v) is 14.1. The molecular weight excluding hydrogens is 460 g/mol. The molecule has 0 saturated carbocycles. The van der Waals surface area contributed by atoms with Gasteiger partial charge in [-0.2, -0.15) is 0 Å². The van der Waals surface area contributed by atoms with E-state index < -0.39 is 13.9 Å². The molecule has 1 nitrogen and oxygen atoms in total. The van der Waals surface area contributed by atoms with Crippen LogP contribution in [0.25, 0.3) is 0 Å². The van der Waals surface area contributed by atoms with E-state index in [9.17, 15) is 0 Å². The number of allylic oxidation sites excluding steroid dienone is 2. The van der Waals surface area contributed by atoms with Gasteiger partial charge in [0.15, 0.2) is 8.32 Å². The van der Waals surface area contributed by atoms with Gasteiger partial charge in [0.1, 0.15) is 5.60 Å². The molecule has 0 bridgehead atoms. The highest BCUT2D eigenvalue weighted by Crippen LogP contribution is 2.43. The molecule has 2 aromatic rings. The quantitative estimate of drug-likeness (QED) is 0.280. The van der Waals surface area contributed by atoms with Crippen molar-refractivity contribution in [3.8, 4) is 0 Å². The number of hydrogen-bond acceptors (Lipinski definition) is 1. The molecule has 0 amide bonds. The third kappa shape index (κ3) is 4.64. The molecule has 1 aliphatic rings. The molecule has 0 saturated heterocycles. The molecule has 1 aliphatic carbocycles. The summed E-state index contributed by atoms with van der Waals surface area (Å²) in [4.78, 5) is 0. The van der Waals surface area contributed by atoms with Gasteiger partial charge in [0.25, 0.3) is 0 Å². The predicted octanol–water partition coefficient (Wildman–Crippen LogP) is 8.40. The van der Waals surface area contributed by atoms with Gasteiger partial charge < -0.3 is 4.43 Å². The van der Waals surface area contributed by atoms with Gasteiger partial charge in [-0.15, -0.1) is 0 Å². The topological polar surface area (TPSA) is 9.23 Å². The summed E-state index contributed by atoms with van der Waals surface area (Å²) >= 11 is 9.66. The van der Waals surface area contributed by atoms with Gasteiger partial charge in [-0.3, -0.25) is 0 Å². The van der Waals surface area contributed by atoms with Crippen LogP contribution < -0.4 is 0 Å². The Morgan fingerprint density at radius 3 is 1.76 bits per heavy atom. The maximum absolute atomic E-state index is 7.12. The molecule has 0 fully saturated rings. The summed E-state index contributed by atoms with van der Waals surface area (Å²) < 4.78 is 8.20. The van der Waals surface area contributed by atoms with Gasteiger partial charge in [0.05, 0.1) is 0 Å². The molecule has 4 heteroatoms. The van der Waals surface area contributed by atoms with E-state index in [0.717, 1.165) is 27.6 Å². The van der Waals surface area contributed by atoms with Crippen molar-refractivity contribution < 1.29 is 4.43 Å². The smallest absolute Gasteiger partial charge is 0.194 e. The molecule has 0 spiro atoms. The minimum atomic E-state index is -1.84. The molecule has 29 heavy (non-hydrogen) atoms. The van der Waals surface area contributed by atoms with E-state index in [2.05, 4.69) is 104 Å². The van der Waals surface area contributed by atoms with Gasteiger partial charge in [-0.1, -0.05) is 84.7 Å². The predicted molar refractivity (Wildman–Crippen MR) is 131 cm³/mol. The Balaban J connectivity index is 2.05. The number of rotatable bonds is 7. The molecule has 2 aromatic carbocycles. The first kappa shape index (κ1) is 22.5. The molecule has 0 aliphatic heterocycles. The highest BCUT2D eigenvalue weighted by Gasteiger charge is 2.41. The molecule has 0 aromatic heterocycles. The van der Waals surface area contributed by atoms with Crippen molar-refractivity contribution >= 4 is 35.8 Å². The second kappa shape index (κ2) is 8.93. The van der Waals surface area contributed by atoms with E-state index in [1.807, 2.05) is 12.1 Å². The van der Waals surface area contributed by atoms with E-state index >= 15 is 0 Å². The van der Waals surface area contributed by atoms with Crippen LogP contribution >= 0.6 is 27.5 Å². The van der Waals surface area contributed by atoms with Crippen LogP contribution in [-0.2, 0) is 15.4 Å². The van der Waals surface area contributed by atoms with E-state index in [4.69, 9.17) is 16.0 Å². The fourth-order valence-electron chi connectivity index (χ4n) is 4.06. The van der Waals surface area contributed by atoms with Crippen LogP contribution in [0.3, 0.4) is 0 Å². The monoisotopic (exact) mass is 488 g/mol. The Hall–Kier alpha value is -1.13. The highest BCUT2D eigenvalue weighted by atomic mass is 79.9. The standard InChI is InChI=1S/C25H30BrClOSi/c1-5-29(6-2,7-3)28-25(21-8-12-22(26)13-9-21)18-16-24(4,17-19-25)20-10-14-23(27)15-11-20/h8-19H,5-7H2,1-4H3. The Bertz CT molecular complexity index is 860. The Labute approximate surface area is 190 Å². The molecule has 0 atom stereocenters. The van der Waals surface area contributed by atoms with Gasteiger partial charge in [0.2, 0.25) is 0 Å². The zero-order valence-electron chi connectivity index (χ0n) is 17.7. The molecule has 0 N–H and O–H groups in total. The van der Waals surface area contributed by atoms with Crippen molar-refractivity contribution in [2.45, 2.75) is 56.8 Å². The first-order chi connectivity index (χ1) is 13.8. The van der Waals surface area contributed by atoms with Crippen LogP contribution in [0.1, 0.15) is 38.8 Å². The number of hydrogen-bond donors (Lipinski definition) is 0. The Morgan fingerprint density at radius 1 is 0.793 bits per heavy atom. The summed E-state index contributed by atoms with van der Waals surface area (Å²) in [6.45, 7) is 9.08. The second-order valence-electron chi connectivity index (χ2n) is 8.10. The van der Waals surface area contributed by atoms with Crippen molar-refractivity contribution in [3.05, 3.63) is 93.5 Å². The largest absolute Gasteiger partial charge is 0.401 e. The van der Waals surface area contributed by atoms with Gasteiger partial charge >= 0.3 is 0 Å². The van der Waals surface area contributed by atoms with Gasteiger partial charge in [-0.05, 0) is 72.6 Å². The fraction of sp³-hybridized carbons (Fsp3) is 0.360. The molecule has 154 valence electrons. The molecule has 0 radical (unpaired) electrons. The third-order valence-corrected chi connectivity index (χ3v) is 11.9. The van der Waals surface area contributed by atoms with Crippen molar-refractivity contribution in [1.82, 2.24) is 0 Å². The zero-order valence-corrected chi connectivity index (χ0v) is 21.1. The van der Waals surface area contributed by atoms with Crippen LogP contribution in [-0.4, -0.2) is 8.32 Å². The van der Waals surface area contributed by atoms with Crippen molar-refractivity contribution in [2.75, 3.05) is 0 Å². The average molecular weight is 490 g/mol. The summed E-state index contributed by atoms with van der Waals surface area (Å²) in [7, 11) is -1.84. The van der Waals surface area contributed by atoms with Crippen LogP contribution in [0.15, 0.2) is 77.3 Å². The molecule has 0 unspecified atom stereocenters. The van der Waals surface area contributed by atoms with Crippen LogP contribution in [0.2, 0.25) is 23.2 Å². The van der Waals surface area contributed by atoms with Crippen molar-refractivity contribution in [1.29, 1.82) is 0 Å². The number of halogens is 2. The normalized spacial score (nSPS) is 24.1. The summed E-state index contributed by atoms with van der Waals surface area (Å²) in [6, 6.07) is 20.0. The summed E-state index contributed by atoms with van der Waals surface area (Å²) in [5.41, 5.74) is 1.71. The lowest BCUT2D eigenvalue weighted by Gasteiger charge is -2.42. The SMILES string of the molecule is CC[Si](CC)(CC)OC1(c2ccc(Br)cc2)C=CC(C)(c2ccc(Cl)cc2)C=C1. The van der Waals surface area contributed by atoms with E-state index in [-0.39, 0.29) is 5.41 Å². The van der Waals surface area contributed by atoms with Crippen LogP contribution in [0.5, 0.6) is 0 Å². The van der Waals surface area contributed by atoms with Crippen LogP contribution in [0.4, 0.5) is 0 Å². The summed E-state index contributed by atoms with van der Waals surface area (Å²) in [5, 5.41) is 0.762. The van der Waals surface area contributed by atoms with Crippen molar-refractivity contribution in [2.24, 2.45) is 0 Å². The lowest BCUT2D eigenvalue weighted by Crippen LogP contribution is -2.45. The maximum atomic E-state index is 7.12. The van der Waals surface area contributed by atoms with Gasteiger partial charge in [0, 0.05) is 14.9 Å². The Kier molecular flexibility index (Phi) is 6.94. The molecular formula is C25H30BrClOSi. The third-order valence-electron chi connectivity index (χ3n) is 6.43. The minimum absolute atomic E-state index is 0.179. The van der Waals surface area contributed by atoms with Crippen LogP contribution in [0, 0.1) is 0 Å². The minimum Gasteiger partial charge on any atom is -0.401 e. The summed E-state index contributed by atoms with van der Waals surface area (Å²) in [6.07, 6.45) is 9.12. The Morgan fingerprint density at radius 2 is 1.28 bits per heavy atom. The lowest BCUT2D eigenvalue weighted by atomic mass is 9.75. The molecule has 3 rings (SSSR count). The number of benzene rings is 2. The van der Waals surface area contributed by atoms with Crippen molar-refractivity contribution in [3.63, 3.8) is 0 Å². The second-order valence-corrected chi connectivity index (χ2v) is 14.1. The zero-order chi connectivity index (χ0) is 21.1. The lowest BCUT2D eigenvalue weighted by molar-refractivity contribution is 0.153. The maximum Gasteiger partial charge on any atom is 0.194 e. The summed E-state index contributed by atoms with van der Waals surface area (Å²) in [5.74, 6) is 0. The first-order valence-electron chi connectivity index (χ1n) is 10.4. The van der Waals surface area contributed by atoms with Gasteiger partial charge in [-0.25, -0.2) is 0 Å². The van der Waals surface area contributed by atoms with E-state index in [1.165, 1.54) is 11.1 Å². The average Bonchev–Trinajstić information content (AvgIpc) is 2.75. The molecule has 0 heterocycles.